The normalized spacial score (nSPS) is 12.9. The van der Waals surface area contributed by atoms with Crippen LogP contribution in [0, 0.1) is 5.82 Å². The molecule has 1 aliphatic heterocycles. The van der Waals surface area contributed by atoms with E-state index in [9.17, 15) is 18.8 Å². The molecule has 0 saturated carbocycles. The molecular weight excluding hydrogens is 419 g/mol. The number of carbonyl (C=O) groups excluding carboxylic acids is 3. The topological polar surface area (TPSA) is 84.9 Å². The number of ether oxygens (including phenoxy) is 2. The van der Waals surface area contributed by atoms with Crippen LogP contribution in [0.1, 0.15) is 20.8 Å². The lowest BCUT2D eigenvalue weighted by Crippen LogP contribution is -2.35. The van der Waals surface area contributed by atoms with Gasteiger partial charge in [-0.3, -0.25) is 4.79 Å². The molecule has 0 saturated heterocycles. The van der Waals surface area contributed by atoms with Gasteiger partial charge in [-0.15, -0.1) is 23.1 Å². The minimum absolute atomic E-state index is 0.100. The van der Waals surface area contributed by atoms with Gasteiger partial charge in [-0.05, 0) is 36.2 Å². The predicted molar refractivity (Wildman–Crippen MR) is 108 cm³/mol. The summed E-state index contributed by atoms with van der Waals surface area (Å²) in [5.74, 6) is -1.07. The Morgan fingerprint density at radius 1 is 1.21 bits per heavy atom. The first-order chi connectivity index (χ1) is 13.9. The van der Waals surface area contributed by atoms with Crippen LogP contribution in [-0.4, -0.2) is 49.4 Å². The lowest BCUT2D eigenvalue weighted by Gasteiger charge is -2.25. The fourth-order valence-electron chi connectivity index (χ4n) is 2.94. The van der Waals surface area contributed by atoms with E-state index >= 15 is 0 Å². The smallest absolute Gasteiger partial charge is 0.409 e. The van der Waals surface area contributed by atoms with E-state index in [1.165, 1.54) is 54.4 Å². The molecule has 29 heavy (non-hydrogen) atoms. The summed E-state index contributed by atoms with van der Waals surface area (Å²) in [5.41, 5.74) is 1.11. The molecular formula is C19H19FN2O5S2. The van der Waals surface area contributed by atoms with Gasteiger partial charge in [0.15, 0.2) is 0 Å². The van der Waals surface area contributed by atoms with E-state index in [1.54, 1.807) is 12.1 Å². The van der Waals surface area contributed by atoms with Gasteiger partial charge >= 0.3 is 12.1 Å². The molecule has 1 aromatic carbocycles. The molecule has 3 rings (SSSR count). The number of nitrogens with one attached hydrogen (secondary N) is 1. The van der Waals surface area contributed by atoms with Gasteiger partial charge in [0.25, 0.3) is 0 Å². The molecule has 0 bridgehead atoms. The Kier molecular flexibility index (Phi) is 6.75. The fraction of sp³-hybridized carbons (Fsp3) is 0.316. The number of nitrogens with zero attached hydrogens (tertiary/aromatic N) is 1. The molecule has 0 fully saturated rings. The minimum Gasteiger partial charge on any atom is -0.465 e. The van der Waals surface area contributed by atoms with Crippen LogP contribution in [-0.2, 0) is 27.2 Å². The number of thioether (sulfide) groups is 1. The number of hydrogen-bond donors (Lipinski definition) is 1. The Morgan fingerprint density at radius 2 is 1.93 bits per heavy atom. The molecule has 2 heterocycles. The maximum absolute atomic E-state index is 13.0. The van der Waals surface area contributed by atoms with Crippen molar-refractivity contribution in [3.05, 3.63) is 46.1 Å². The first-order valence-electron chi connectivity index (χ1n) is 8.67. The Balaban J connectivity index is 1.75. The van der Waals surface area contributed by atoms with Crippen molar-refractivity contribution in [2.45, 2.75) is 17.9 Å². The van der Waals surface area contributed by atoms with Crippen LogP contribution in [0.25, 0.3) is 0 Å². The Morgan fingerprint density at radius 3 is 2.59 bits per heavy atom. The number of benzene rings is 1. The number of carbonyl (C=O) groups is 3. The molecule has 0 atom stereocenters. The van der Waals surface area contributed by atoms with E-state index in [4.69, 9.17) is 9.47 Å². The highest BCUT2D eigenvalue weighted by Crippen LogP contribution is 2.38. The monoisotopic (exact) mass is 438 g/mol. The van der Waals surface area contributed by atoms with E-state index in [0.29, 0.717) is 30.1 Å². The van der Waals surface area contributed by atoms with Crippen molar-refractivity contribution >= 4 is 46.1 Å². The summed E-state index contributed by atoms with van der Waals surface area (Å²) >= 11 is 2.51. The van der Waals surface area contributed by atoms with E-state index in [2.05, 4.69) is 5.32 Å². The van der Waals surface area contributed by atoms with Crippen LogP contribution in [0.5, 0.6) is 0 Å². The van der Waals surface area contributed by atoms with Crippen LogP contribution in [0.4, 0.5) is 14.2 Å². The maximum atomic E-state index is 13.0. The van der Waals surface area contributed by atoms with Gasteiger partial charge in [-0.25, -0.2) is 14.0 Å². The van der Waals surface area contributed by atoms with E-state index in [0.717, 1.165) is 15.3 Å². The second-order valence-corrected chi connectivity index (χ2v) is 8.29. The summed E-state index contributed by atoms with van der Waals surface area (Å²) in [6.45, 7) is 0.713. The first kappa shape index (κ1) is 21.1. The van der Waals surface area contributed by atoms with E-state index < -0.39 is 12.1 Å². The molecule has 0 unspecified atom stereocenters. The van der Waals surface area contributed by atoms with Crippen LogP contribution < -0.4 is 5.32 Å². The molecule has 7 nitrogen and oxygen atoms in total. The molecule has 1 N–H and O–H groups in total. The third-order valence-corrected chi connectivity index (χ3v) is 6.46. The summed E-state index contributed by atoms with van der Waals surface area (Å²) in [5, 5.41) is 3.17. The lowest BCUT2D eigenvalue weighted by molar-refractivity contribution is -0.113. The number of esters is 1. The SMILES string of the molecule is COC(=O)c1c(NC(=O)CSc2ccc(F)cc2)sc2c1CCN(C(=O)OC)C2. The van der Waals surface area contributed by atoms with Crippen molar-refractivity contribution < 1.29 is 28.2 Å². The highest BCUT2D eigenvalue weighted by Gasteiger charge is 2.31. The highest BCUT2D eigenvalue weighted by molar-refractivity contribution is 8.00. The van der Waals surface area contributed by atoms with Gasteiger partial charge in [0.05, 0.1) is 32.1 Å². The number of anilines is 1. The number of hydrogen-bond acceptors (Lipinski definition) is 7. The number of fused-ring (bicyclic) bond motifs is 1. The molecule has 0 aliphatic carbocycles. The molecule has 0 spiro atoms. The second-order valence-electron chi connectivity index (χ2n) is 6.13. The quantitative estimate of drug-likeness (QED) is 0.568. The van der Waals surface area contributed by atoms with Gasteiger partial charge in [-0.2, -0.15) is 0 Å². The molecule has 2 aromatic rings. The van der Waals surface area contributed by atoms with Crippen LogP contribution in [0.15, 0.2) is 29.2 Å². The van der Waals surface area contributed by atoms with E-state index in [1.807, 2.05) is 0 Å². The average Bonchev–Trinajstić information content (AvgIpc) is 3.08. The molecule has 2 amide bonds. The summed E-state index contributed by atoms with van der Waals surface area (Å²) < 4.78 is 22.6. The van der Waals surface area contributed by atoms with Crippen molar-refractivity contribution in [1.29, 1.82) is 0 Å². The first-order valence-corrected chi connectivity index (χ1v) is 10.5. The zero-order chi connectivity index (χ0) is 21.0. The Labute approximate surface area is 175 Å². The number of methoxy groups -OCH3 is 2. The predicted octanol–water partition coefficient (Wildman–Crippen LogP) is 3.53. The Hall–Kier alpha value is -2.59. The van der Waals surface area contributed by atoms with Gasteiger partial charge < -0.3 is 19.7 Å². The average molecular weight is 439 g/mol. The third-order valence-electron chi connectivity index (χ3n) is 4.32. The zero-order valence-corrected chi connectivity index (χ0v) is 17.5. The van der Waals surface area contributed by atoms with Crippen molar-refractivity contribution in [2.24, 2.45) is 0 Å². The molecule has 0 radical (unpaired) electrons. The van der Waals surface area contributed by atoms with Gasteiger partial charge in [-0.1, -0.05) is 0 Å². The van der Waals surface area contributed by atoms with Crippen LogP contribution in [0.2, 0.25) is 0 Å². The summed E-state index contributed by atoms with van der Waals surface area (Å²) in [7, 11) is 2.60. The molecule has 10 heteroatoms. The number of halogens is 1. The molecule has 1 aliphatic rings. The zero-order valence-electron chi connectivity index (χ0n) is 15.8. The fourth-order valence-corrected chi connectivity index (χ4v) is 4.90. The van der Waals surface area contributed by atoms with Gasteiger partial charge in [0, 0.05) is 16.3 Å². The maximum Gasteiger partial charge on any atom is 0.409 e. The minimum atomic E-state index is -0.532. The third kappa shape index (κ3) is 4.88. The van der Waals surface area contributed by atoms with Crippen LogP contribution in [0.3, 0.4) is 0 Å². The number of thiophene rings is 1. The molecule has 1 aromatic heterocycles. The number of amides is 2. The largest absolute Gasteiger partial charge is 0.465 e. The second kappa shape index (κ2) is 9.27. The van der Waals surface area contributed by atoms with E-state index in [-0.39, 0.29) is 17.5 Å². The molecule has 154 valence electrons. The highest BCUT2D eigenvalue weighted by atomic mass is 32.2. The van der Waals surface area contributed by atoms with Gasteiger partial charge in [0.1, 0.15) is 10.8 Å². The Bertz CT molecular complexity index is 929. The van der Waals surface area contributed by atoms with Crippen LogP contribution >= 0.6 is 23.1 Å². The van der Waals surface area contributed by atoms with Crippen molar-refractivity contribution in [3.8, 4) is 0 Å². The summed E-state index contributed by atoms with van der Waals surface area (Å²) in [6, 6.07) is 5.85. The number of rotatable bonds is 5. The summed E-state index contributed by atoms with van der Waals surface area (Å²) in [6.07, 6.45) is 0.0240. The van der Waals surface area contributed by atoms with Crippen molar-refractivity contribution in [1.82, 2.24) is 4.90 Å². The lowest BCUT2D eigenvalue weighted by atomic mass is 10.0. The van der Waals surface area contributed by atoms with Crippen molar-refractivity contribution in [2.75, 3.05) is 31.8 Å². The summed E-state index contributed by atoms with van der Waals surface area (Å²) in [4.78, 5) is 39.6. The standard InChI is InChI=1S/C19H19FN2O5S2/c1-26-18(24)16-13-7-8-22(19(25)27-2)9-14(13)29-17(16)21-15(23)10-28-12-5-3-11(20)4-6-12/h3-6H,7-10H2,1-2H3,(H,21,23). The van der Waals surface area contributed by atoms with Gasteiger partial charge in [0.2, 0.25) is 5.91 Å². The van der Waals surface area contributed by atoms with Crippen molar-refractivity contribution in [3.63, 3.8) is 0 Å².